The smallest absolute Gasteiger partial charge is 0.305 e. The number of hydrogen-bond acceptors (Lipinski definition) is 6. The van der Waals surface area contributed by atoms with Gasteiger partial charge in [0.05, 0.1) is 13.1 Å². The van der Waals surface area contributed by atoms with E-state index in [4.69, 9.17) is 14.6 Å². The van der Waals surface area contributed by atoms with Crippen LogP contribution in [0.25, 0.3) is 0 Å². The van der Waals surface area contributed by atoms with E-state index in [0.29, 0.717) is 12.8 Å². The molecule has 0 unspecified atom stereocenters. The molecular formula is C45H85NO7. The molecule has 1 N–H and O–H groups in total. The van der Waals surface area contributed by atoms with Gasteiger partial charge < -0.3 is 19.5 Å². The number of ether oxygens (including phenoxy) is 2. The number of esters is 2. The average Bonchev–Trinajstić information content (AvgIpc) is 3.14. The van der Waals surface area contributed by atoms with E-state index >= 15 is 0 Å². The number of carbonyl (C=O) groups excluding carboxylic acids is 3. The molecule has 0 saturated heterocycles. The summed E-state index contributed by atoms with van der Waals surface area (Å²) in [5.74, 6) is -1.67. The number of carboxylic acids is 1. The average molecular weight is 752 g/mol. The van der Waals surface area contributed by atoms with Gasteiger partial charge >= 0.3 is 17.9 Å². The van der Waals surface area contributed by atoms with Gasteiger partial charge in [0, 0.05) is 25.7 Å². The zero-order valence-corrected chi connectivity index (χ0v) is 34.9. The fourth-order valence-corrected chi connectivity index (χ4v) is 6.88. The minimum atomic E-state index is -0.940. The molecule has 0 heterocycles. The number of amides is 1. The Morgan fingerprint density at radius 3 is 0.943 bits per heavy atom. The van der Waals surface area contributed by atoms with E-state index in [2.05, 4.69) is 13.8 Å². The first-order valence-corrected chi connectivity index (χ1v) is 22.7. The largest absolute Gasteiger partial charge is 0.481 e. The van der Waals surface area contributed by atoms with Crippen molar-refractivity contribution in [1.82, 2.24) is 4.90 Å². The van der Waals surface area contributed by atoms with E-state index < -0.39 is 5.97 Å². The predicted octanol–water partition coefficient (Wildman–Crippen LogP) is 12.7. The van der Waals surface area contributed by atoms with Crippen LogP contribution in [0.5, 0.6) is 0 Å². The molecule has 0 aromatic carbocycles. The molecule has 0 aromatic heterocycles. The first kappa shape index (κ1) is 50.9. The van der Waals surface area contributed by atoms with E-state index in [1.807, 2.05) is 0 Å². The molecule has 8 nitrogen and oxygen atoms in total. The molecule has 0 spiro atoms. The van der Waals surface area contributed by atoms with Gasteiger partial charge in [-0.05, 0) is 19.3 Å². The minimum absolute atomic E-state index is 0.0787. The summed E-state index contributed by atoms with van der Waals surface area (Å²) in [6, 6.07) is 0. The summed E-state index contributed by atoms with van der Waals surface area (Å²) in [6.45, 7) is 5.09. The third kappa shape index (κ3) is 39.4. The summed E-state index contributed by atoms with van der Waals surface area (Å²) in [7, 11) is 0. The van der Waals surface area contributed by atoms with Gasteiger partial charge in [-0.1, -0.05) is 194 Å². The van der Waals surface area contributed by atoms with Crippen molar-refractivity contribution in [3.05, 3.63) is 0 Å². The molecule has 0 bridgehead atoms. The molecular weight excluding hydrogens is 666 g/mol. The van der Waals surface area contributed by atoms with Crippen molar-refractivity contribution in [2.75, 3.05) is 26.3 Å². The molecule has 0 aliphatic rings. The SMILES string of the molecule is CCCCCCCCCCCCCCCCCC(=O)OCCN(CCOC(=O)CCCCCCCCCCCCCCCCC)C(=O)CCCC(=O)O. The van der Waals surface area contributed by atoms with Crippen LogP contribution in [-0.2, 0) is 28.7 Å². The lowest BCUT2D eigenvalue weighted by Gasteiger charge is -2.22. The minimum Gasteiger partial charge on any atom is -0.481 e. The lowest BCUT2D eigenvalue weighted by Crippen LogP contribution is -2.37. The van der Waals surface area contributed by atoms with Crippen LogP contribution < -0.4 is 0 Å². The van der Waals surface area contributed by atoms with Crippen LogP contribution in [0.3, 0.4) is 0 Å². The molecule has 0 aromatic rings. The van der Waals surface area contributed by atoms with E-state index in [1.165, 1.54) is 159 Å². The Bertz CT molecular complexity index is 797. The van der Waals surface area contributed by atoms with Gasteiger partial charge in [-0.25, -0.2) is 0 Å². The number of hydrogen-bond donors (Lipinski definition) is 1. The second kappa shape index (κ2) is 41.1. The van der Waals surface area contributed by atoms with Crippen molar-refractivity contribution >= 4 is 23.8 Å². The molecule has 53 heavy (non-hydrogen) atoms. The maximum absolute atomic E-state index is 12.8. The van der Waals surface area contributed by atoms with E-state index in [0.717, 1.165) is 38.5 Å². The Balaban J connectivity index is 3.99. The third-order valence-electron chi connectivity index (χ3n) is 10.4. The fraction of sp³-hybridized carbons (Fsp3) is 0.911. The van der Waals surface area contributed by atoms with E-state index in [-0.39, 0.29) is 63.4 Å². The van der Waals surface area contributed by atoms with Crippen LogP contribution in [-0.4, -0.2) is 60.1 Å². The number of nitrogens with zero attached hydrogens (tertiary/aromatic N) is 1. The van der Waals surface area contributed by atoms with Crippen LogP contribution in [0.1, 0.15) is 239 Å². The van der Waals surface area contributed by atoms with Crippen molar-refractivity contribution < 1.29 is 33.8 Å². The summed E-state index contributed by atoms with van der Waals surface area (Å²) in [5.41, 5.74) is 0. The highest BCUT2D eigenvalue weighted by atomic mass is 16.5. The topological polar surface area (TPSA) is 110 Å². The second-order valence-electron chi connectivity index (χ2n) is 15.5. The maximum atomic E-state index is 12.8. The Labute approximate surface area is 326 Å². The highest BCUT2D eigenvalue weighted by Gasteiger charge is 2.16. The summed E-state index contributed by atoms with van der Waals surface area (Å²) >= 11 is 0. The standard InChI is InChI=1S/C45H85NO7/c1-3-5-7-9-11-13-15-17-19-21-23-25-27-29-31-36-44(50)52-40-38-46(42(47)34-33-35-43(48)49)39-41-53-45(51)37-32-30-28-26-24-22-20-18-16-14-12-10-8-6-4-2/h3-41H2,1-2H3,(H,48,49). The van der Waals surface area contributed by atoms with E-state index in [9.17, 15) is 19.2 Å². The molecule has 1 amide bonds. The summed E-state index contributed by atoms with van der Waals surface area (Å²) in [6.07, 6.45) is 39.2. The quantitative estimate of drug-likeness (QED) is 0.0488. The lowest BCUT2D eigenvalue weighted by atomic mass is 10.0. The van der Waals surface area contributed by atoms with Crippen molar-refractivity contribution in [3.8, 4) is 0 Å². The highest BCUT2D eigenvalue weighted by molar-refractivity contribution is 5.77. The monoisotopic (exact) mass is 752 g/mol. The third-order valence-corrected chi connectivity index (χ3v) is 10.4. The molecule has 8 heteroatoms. The van der Waals surface area contributed by atoms with Gasteiger partial charge in [-0.3, -0.25) is 19.2 Å². The molecule has 0 fully saturated rings. The van der Waals surface area contributed by atoms with Crippen LogP contribution in [0, 0.1) is 0 Å². The summed E-state index contributed by atoms with van der Waals surface area (Å²) in [4.78, 5) is 49.8. The Kier molecular flexibility index (Phi) is 39.4. The van der Waals surface area contributed by atoms with Crippen LogP contribution >= 0.6 is 0 Å². The van der Waals surface area contributed by atoms with Gasteiger partial charge in [0.25, 0.3) is 0 Å². The van der Waals surface area contributed by atoms with Crippen LogP contribution in [0.4, 0.5) is 0 Å². The zero-order chi connectivity index (χ0) is 38.9. The Hall–Kier alpha value is -2.12. The Morgan fingerprint density at radius 2 is 0.660 bits per heavy atom. The van der Waals surface area contributed by atoms with Crippen molar-refractivity contribution in [2.24, 2.45) is 0 Å². The molecule has 0 saturated carbocycles. The normalized spacial score (nSPS) is 11.1. The molecule has 0 rings (SSSR count). The fourth-order valence-electron chi connectivity index (χ4n) is 6.88. The molecule has 0 aliphatic carbocycles. The lowest BCUT2D eigenvalue weighted by molar-refractivity contribution is -0.148. The highest BCUT2D eigenvalue weighted by Crippen LogP contribution is 2.15. The zero-order valence-electron chi connectivity index (χ0n) is 34.9. The van der Waals surface area contributed by atoms with Gasteiger partial charge in [-0.15, -0.1) is 0 Å². The number of carboxylic acid groups (broad SMARTS) is 1. The molecule has 0 aliphatic heterocycles. The first-order chi connectivity index (χ1) is 25.9. The number of rotatable bonds is 42. The Morgan fingerprint density at radius 1 is 0.377 bits per heavy atom. The van der Waals surface area contributed by atoms with Crippen molar-refractivity contribution in [3.63, 3.8) is 0 Å². The number of carbonyl (C=O) groups is 4. The first-order valence-electron chi connectivity index (χ1n) is 22.7. The predicted molar refractivity (Wildman–Crippen MR) is 219 cm³/mol. The van der Waals surface area contributed by atoms with Crippen LogP contribution in [0.15, 0.2) is 0 Å². The van der Waals surface area contributed by atoms with Crippen molar-refractivity contribution in [2.45, 2.75) is 239 Å². The van der Waals surface area contributed by atoms with Crippen LogP contribution in [0.2, 0.25) is 0 Å². The molecule has 312 valence electrons. The van der Waals surface area contributed by atoms with Gasteiger partial charge in [0.15, 0.2) is 0 Å². The van der Waals surface area contributed by atoms with E-state index in [1.54, 1.807) is 0 Å². The summed E-state index contributed by atoms with van der Waals surface area (Å²) in [5, 5.41) is 8.94. The molecule has 0 radical (unpaired) electrons. The second-order valence-corrected chi connectivity index (χ2v) is 15.5. The van der Waals surface area contributed by atoms with Gasteiger partial charge in [0.2, 0.25) is 5.91 Å². The maximum Gasteiger partial charge on any atom is 0.305 e. The summed E-state index contributed by atoms with van der Waals surface area (Å²) < 4.78 is 10.8. The molecule has 0 atom stereocenters. The van der Waals surface area contributed by atoms with Crippen molar-refractivity contribution in [1.29, 1.82) is 0 Å². The number of unbranched alkanes of at least 4 members (excludes halogenated alkanes) is 28. The number of aliphatic carboxylic acids is 1. The van der Waals surface area contributed by atoms with Gasteiger partial charge in [-0.2, -0.15) is 0 Å². The van der Waals surface area contributed by atoms with Gasteiger partial charge in [0.1, 0.15) is 13.2 Å².